The van der Waals surface area contributed by atoms with Crippen LogP contribution in [0.3, 0.4) is 0 Å². The quantitative estimate of drug-likeness (QED) is 0.208. The van der Waals surface area contributed by atoms with E-state index >= 15 is 0 Å². The Kier molecular flexibility index (Phi) is 15.5. The second-order valence-corrected chi connectivity index (χ2v) is 27.5. The molecule has 3 fully saturated rings. The van der Waals surface area contributed by atoms with Crippen molar-refractivity contribution >= 4 is 36.2 Å². The summed E-state index contributed by atoms with van der Waals surface area (Å²) >= 11 is -0.826. The molecule has 5 aliphatic carbocycles. The van der Waals surface area contributed by atoms with Gasteiger partial charge >= 0.3 is 37.9 Å². The Bertz CT molecular complexity index is 1590. The number of allylic oxidation sites excluding steroid dienone is 8. The number of fused-ring (bicyclic) bond motifs is 3. The molecule has 0 amide bonds. The topological polar surface area (TPSA) is 0 Å². The third kappa shape index (κ3) is 9.20. The van der Waals surface area contributed by atoms with Gasteiger partial charge in [0.05, 0.1) is 8.07 Å². The average molecular weight is 835 g/mol. The fourth-order valence-corrected chi connectivity index (χ4v) is 17.7. The van der Waals surface area contributed by atoms with Crippen molar-refractivity contribution in [3.63, 3.8) is 0 Å². The van der Waals surface area contributed by atoms with E-state index in [9.17, 15) is 0 Å². The molecule has 4 heteroatoms. The minimum absolute atomic E-state index is 0. The Labute approximate surface area is 340 Å². The summed E-state index contributed by atoms with van der Waals surface area (Å²) in [5.74, 6) is 6.51. The van der Waals surface area contributed by atoms with Crippen LogP contribution in [-0.4, -0.2) is 8.07 Å². The Morgan fingerprint density at radius 1 is 0.827 bits per heavy atom. The number of halogens is 2. The standard InChI is InChI=1S/C43H56Si.C4H9.CH3.2ClH.Zr/c1-27(2)36-26-37-33(29-20-22-32(23-21-29)43(4,5)6)17-13-19-35(37)42(36)44(7,8)41-28(3)24-38-39(41)25-31-16-12-18-34(31)40(38)30-14-10-9-11-15-30;1-4(2)3;;;;/h9-11,13-15,17,19-23,25,27-28,35-39,41-42H,12,16,18,24,26H2,1-8H3;1-3H3;1H3;2*1H;/q;2*-1;;;+4/p-2. The first kappa shape index (κ1) is 43.8. The SMILES string of the molecule is CC(C)C1CC2C(c3ccc(C(C)(C)C)cc3)=CC=CC2C1[Si](C)(C)C1C(C)CC2C(c3ccccc3)=C3CCCC3=CC21.C[C-](C)C.[CH3-].[Cl][Zr+2][Cl]. The van der Waals surface area contributed by atoms with E-state index in [2.05, 4.69) is 154 Å². The first-order chi connectivity index (χ1) is 24.1. The summed E-state index contributed by atoms with van der Waals surface area (Å²) in [4.78, 5) is 0. The van der Waals surface area contributed by atoms with Gasteiger partial charge in [-0.2, -0.15) is 20.8 Å². The number of hydrogen-bond acceptors (Lipinski definition) is 0. The summed E-state index contributed by atoms with van der Waals surface area (Å²) in [6.07, 6.45) is 17.1. The Balaban J connectivity index is 0.000000699. The first-order valence-electron chi connectivity index (χ1n) is 19.8. The zero-order chi connectivity index (χ0) is 37.2. The van der Waals surface area contributed by atoms with Crippen LogP contribution in [0.1, 0.15) is 111 Å². The van der Waals surface area contributed by atoms with E-state index in [1.54, 1.807) is 22.3 Å². The van der Waals surface area contributed by atoms with E-state index in [1.807, 2.05) is 0 Å². The molecule has 0 aromatic heterocycles. The zero-order valence-corrected chi connectivity index (χ0v) is 39.5. The summed E-state index contributed by atoms with van der Waals surface area (Å²) in [6.45, 7) is 26.6. The van der Waals surface area contributed by atoms with E-state index in [0.717, 1.165) is 34.8 Å². The third-order valence-electron chi connectivity index (χ3n) is 13.1. The van der Waals surface area contributed by atoms with Crippen molar-refractivity contribution in [3.05, 3.63) is 120 Å². The average Bonchev–Trinajstić information content (AvgIpc) is 3.79. The molecule has 7 rings (SSSR count). The maximum atomic E-state index is 4.93. The molecule has 0 radical (unpaired) electrons. The predicted molar refractivity (Wildman–Crippen MR) is 232 cm³/mol. The number of rotatable bonds is 5. The summed E-state index contributed by atoms with van der Waals surface area (Å²) in [6, 6.07) is 21.2. The van der Waals surface area contributed by atoms with Crippen LogP contribution < -0.4 is 0 Å². The second kappa shape index (κ2) is 18.4. The van der Waals surface area contributed by atoms with Crippen LogP contribution in [-0.2, 0) is 26.3 Å². The summed E-state index contributed by atoms with van der Waals surface area (Å²) in [7, 11) is 8.14. The molecule has 52 heavy (non-hydrogen) atoms. The first-order valence-corrected chi connectivity index (χ1v) is 29.3. The molecular formula is C48H68Cl2SiZr. The van der Waals surface area contributed by atoms with Crippen LogP contribution in [0.25, 0.3) is 11.1 Å². The molecule has 0 N–H and O–H groups in total. The Morgan fingerprint density at radius 2 is 1.44 bits per heavy atom. The van der Waals surface area contributed by atoms with E-state index in [0.29, 0.717) is 17.8 Å². The van der Waals surface area contributed by atoms with Gasteiger partial charge in [0.15, 0.2) is 0 Å². The maximum absolute atomic E-state index is 4.93. The molecule has 0 spiro atoms. The van der Waals surface area contributed by atoms with Crippen molar-refractivity contribution in [1.29, 1.82) is 0 Å². The van der Waals surface area contributed by atoms with Gasteiger partial charge in [0.1, 0.15) is 0 Å². The van der Waals surface area contributed by atoms with Crippen LogP contribution in [0.5, 0.6) is 0 Å². The van der Waals surface area contributed by atoms with Gasteiger partial charge in [-0.25, -0.2) is 0 Å². The summed E-state index contributed by atoms with van der Waals surface area (Å²) in [5, 5.41) is 0. The van der Waals surface area contributed by atoms with Crippen LogP contribution >= 0.6 is 17.0 Å². The fourth-order valence-electron chi connectivity index (χ4n) is 11.4. The van der Waals surface area contributed by atoms with Gasteiger partial charge in [-0.3, -0.25) is 0 Å². The minimum atomic E-state index is -1.73. The molecule has 3 saturated carbocycles. The van der Waals surface area contributed by atoms with E-state index < -0.39 is 28.9 Å². The number of benzene rings is 2. The normalized spacial score (nSPS) is 29.1. The third-order valence-corrected chi connectivity index (χ3v) is 18.3. The molecular weight excluding hydrogens is 767 g/mol. The van der Waals surface area contributed by atoms with Gasteiger partial charge in [-0.15, -0.1) is 0 Å². The van der Waals surface area contributed by atoms with Crippen molar-refractivity contribution in [1.82, 2.24) is 0 Å². The molecule has 8 unspecified atom stereocenters. The van der Waals surface area contributed by atoms with E-state index in [4.69, 9.17) is 17.0 Å². The molecule has 282 valence electrons. The van der Waals surface area contributed by atoms with Crippen molar-refractivity contribution < 1.29 is 20.8 Å². The summed E-state index contributed by atoms with van der Waals surface area (Å²) in [5.41, 5.74) is 13.1. The van der Waals surface area contributed by atoms with Crippen molar-refractivity contribution in [2.24, 2.45) is 41.4 Å². The van der Waals surface area contributed by atoms with Gasteiger partial charge in [0, 0.05) is 0 Å². The molecule has 2 aromatic rings. The van der Waals surface area contributed by atoms with Gasteiger partial charge in [-0.05, 0) is 129 Å². The van der Waals surface area contributed by atoms with Crippen LogP contribution in [0, 0.1) is 54.8 Å². The monoisotopic (exact) mass is 832 g/mol. The number of hydrogen-bond donors (Lipinski definition) is 0. The molecule has 0 aliphatic heterocycles. The molecule has 5 aliphatic rings. The van der Waals surface area contributed by atoms with Crippen molar-refractivity contribution in [2.75, 3.05) is 0 Å². The predicted octanol–water partition coefficient (Wildman–Crippen LogP) is 15.6. The van der Waals surface area contributed by atoms with Gasteiger partial charge in [0.2, 0.25) is 0 Å². The summed E-state index contributed by atoms with van der Waals surface area (Å²) < 4.78 is 0. The van der Waals surface area contributed by atoms with Crippen LogP contribution in [0.2, 0.25) is 24.2 Å². The van der Waals surface area contributed by atoms with Crippen LogP contribution in [0.4, 0.5) is 0 Å². The second-order valence-electron chi connectivity index (χ2n) is 18.8. The Hall–Kier alpha value is -0.920. The zero-order valence-electron chi connectivity index (χ0n) is 34.5. The van der Waals surface area contributed by atoms with E-state index in [1.165, 1.54) is 54.7 Å². The Morgan fingerprint density at radius 3 is 2.02 bits per heavy atom. The van der Waals surface area contributed by atoms with Crippen molar-refractivity contribution in [3.8, 4) is 0 Å². The van der Waals surface area contributed by atoms with Gasteiger partial charge in [0.25, 0.3) is 0 Å². The molecule has 0 heterocycles. The van der Waals surface area contributed by atoms with Gasteiger partial charge < -0.3 is 13.3 Å². The molecule has 0 saturated heterocycles. The van der Waals surface area contributed by atoms with Crippen LogP contribution in [0.15, 0.2) is 90.0 Å². The molecule has 2 aromatic carbocycles. The fraction of sp³-hybridized carbons (Fsp3) is 0.542. The van der Waals surface area contributed by atoms with Gasteiger partial charge in [-0.1, -0.05) is 134 Å². The molecule has 0 nitrogen and oxygen atoms in total. The van der Waals surface area contributed by atoms with E-state index in [-0.39, 0.29) is 12.8 Å². The molecule has 0 bridgehead atoms. The molecule has 8 atom stereocenters. The van der Waals surface area contributed by atoms with Crippen molar-refractivity contribution in [2.45, 2.75) is 124 Å².